The van der Waals surface area contributed by atoms with E-state index < -0.39 is 0 Å². The van der Waals surface area contributed by atoms with Gasteiger partial charge in [-0.3, -0.25) is 14.8 Å². The Morgan fingerprint density at radius 3 is 3.04 bits per heavy atom. The lowest BCUT2D eigenvalue weighted by Crippen LogP contribution is -2.49. The van der Waals surface area contributed by atoms with E-state index in [4.69, 9.17) is 0 Å². The average molecular weight is 313 g/mol. The van der Waals surface area contributed by atoms with Gasteiger partial charge in [0.15, 0.2) is 5.82 Å². The molecule has 0 radical (unpaired) electrons. The van der Waals surface area contributed by atoms with Crippen molar-refractivity contribution in [3.05, 3.63) is 36.2 Å². The highest BCUT2D eigenvalue weighted by Crippen LogP contribution is 2.17. The summed E-state index contributed by atoms with van der Waals surface area (Å²) in [4.78, 5) is 19.1. The van der Waals surface area contributed by atoms with E-state index in [1.54, 1.807) is 0 Å². The van der Waals surface area contributed by atoms with Crippen LogP contribution >= 0.6 is 0 Å². The minimum atomic E-state index is -0.0260. The predicted octanol–water partition coefficient (Wildman–Crippen LogP) is 2.07. The van der Waals surface area contributed by atoms with Gasteiger partial charge in [-0.2, -0.15) is 5.10 Å². The average Bonchev–Trinajstić information content (AvgIpc) is 3.10. The Balaban J connectivity index is 1.68. The van der Waals surface area contributed by atoms with Gasteiger partial charge < -0.3 is 5.32 Å². The number of piperidine rings is 1. The Morgan fingerprint density at radius 1 is 1.43 bits per heavy atom. The number of nitrogens with zero attached hydrogens (tertiary/aromatic N) is 3. The van der Waals surface area contributed by atoms with Gasteiger partial charge in [0.1, 0.15) is 6.33 Å². The summed E-state index contributed by atoms with van der Waals surface area (Å²) in [6, 6.07) is 8.20. The van der Waals surface area contributed by atoms with E-state index in [-0.39, 0.29) is 11.9 Å². The second kappa shape index (κ2) is 6.91. The summed E-state index contributed by atoms with van der Waals surface area (Å²) in [5.41, 5.74) is 1.52. The molecule has 2 aromatic rings. The Morgan fingerprint density at radius 2 is 2.30 bits per heavy atom. The van der Waals surface area contributed by atoms with Gasteiger partial charge in [0.05, 0.1) is 0 Å². The van der Waals surface area contributed by atoms with Crippen molar-refractivity contribution in [3.63, 3.8) is 0 Å². The molecule has 1 aromatic carbocycles. The van der Waals surface area contributed by atoms with Gasteiger partial charge in [-0.1, -0.05) is 12.1 Å². The van der Waals surface area contributed by atoms with Crippen LogP contribution in [0.3, 0.4) is 0 Å². The summed E-state index contributed by atoms with van der Waals surface area (Å²) >= 11 is 0. The van der Waals surface area contributed by atoms with Gasteiger partial charge in [-0.15, -0.1) is 0 Å². The van der Waals surface area contributed by atoms with E-state index in [9.17, 15) is 4.79 Å². The number of likely N-dealkylation sites (tertiary alicyclic amines) is 1. The van der Waals surface area contributed by atoms with Gasteiger partial charge in [-0.25, -0.2) is 4.98 Å². The van der Waals surface area contributed by atoms with E-state index in [0.29, 0.717) is 17.4 Å². The number of benzene rings is 1. The molecule has 1 atom stereocenters. The van der Waals surface area contributed by atoms with Crippen molar-refractivity contribution in [2.75, 3.05) is 13.1 Å². The molecule has 2 heterocycles. The molecule has 122 valence electrons. The quantitative estimate of drug-likeness (QED) is 0.906. The highest BCUT2D eigenvalue weighted by Gasteiger charge is 2.23. The van der Waals surface area contributed by atoms with Crippen LogP contribution < -0.4 is 5.32 Å². The standard InChI is InChI=1S/C17H23N5O/c1-12(2)22-8-4-7-15(10-22)20-17(23)14-6-3-5-13(9-14)16-18-11-19-21-16/h3,5-6,9,11-12,15H,4,7-8,10H2,1-2H3,(H,20,23)(H,18,19,21)/t15-/m1/s1. The maximum atomic E-state index is 12.5. The van der Waals surface area contributed by atoms with Crippen molar-refractivity contribution in [2.45, 2.75) is 38.8 Å². The smallest absolute Gasteiger partial charge is 0.251 e. The first-order valence-corrected chi connectivity index (χ1v) is 8.14. The van der Waals surface area contributed by atoms with Crippen molar-refractivity contribution in [2.24, 2.45) is 0 Å². The van der Waals surface area contributed by atoms with E-state index >= 15 is 0 Å². The maximum Gasteiger partial charge on any atom is 0.251 e. The van der Waals surface area contributed by atoms with Crippen LogP contribution in [0.25, 0.3) is 11.4 Å². The summed E-state index contributed by atoms with van der Waals surface area (Å²) in [7, 11) is 0. The van der Waals surface area contributed by atoms with Crippen molar-refractivity contribution < 1.29 is 4.79 Å². The fourth-order valence-electron chi connectivity index (χ4n) is 3.01. The highest BCUT2D eigenvalue weighted by atomic mass is 16.1. The van der Waals surface area contributed by atoms with Crippen molar-refractivity contribution in [3.8, 4) is 11.4 Å². The molecule has 0 spiro atoms. The van der Waals surface area contributed by atoms with E-state index in [0.717, 1.165) is 31.5 Å². The van der Waals surface area contributed by atoms with E-state index in [1.807, 2.05) is 24.3 Å². The zero-order chi connectivity index (χ0) is 16.2. The molecular weight excluding hydrogens is 290 g/mol. The molecule has 2 N–H and O–H groups in total. The summed E-state index contributed by atoms with van der Waals surface area (Å²) in [6.07, 6.45) is 3.63. The number of carbonyl (C=O) groups is 1. The van der Waals surface area contributed by atoms with Crippen LogP contribution in [0.4, 0.5) is 0 Å². The molecule has 1 fully saturated rings. The molecule has 6 nitrogen and oxygen atoms in total. The molecule has 3 rings (SSSR count). The molecule has 23 heavy (non-hydrogen) atoms. The molecule has 6 heteroatoms. The molecule has 1 aliphatic rings. The summed E-state index contributed by atoms with van der Waals surface area (Å²) in [5.74, 6) is 0.644. The largest absolute Gasteiger partial charge is 0.348 e. The lowest BCUT2D eigenvalue weighted by molar-refractivity contribution is 0.0886. The normalized spacial score (nSPS) is 19.0. The molecule has 0 saturated carbocycles. The van der Waals surface area contributed by atoms with Gasteiger partial charge >= 0.3 is 0 Å². The number of hydrogen-bond acceptors (Lipinski definition) is 4. The Labute approximate surface area is 136 Å². The molecule has 1 saturated heterocycles. The number of rotatable bonds is 4. The van der Waals surface area contributed by atoms with E-state index in [1.165, 1.54) is 6.33 Å². The van der Waals surface area contributed by atoms with Crippen LogP contribution in [0.15, 0.2) is 30.6 Å². The van der Waals surface area contributed by atoms with Crippen molar-refractivity contribution in [1.82, 2.24) is 25.4 Å². The van der Waals surface area contributed by atoms with Crippen LogP contribution in [0.5, 0.6) is 0 Å². The zero-order valence-corrected chi connectivity index (χ0v) is 13.6. The topological polar surface area (TPSA) is 73.9 Å². The third-order valence-corrected chi connectivity index (χ3v) is 4.33. The molecule has 1 amide bonds. The van der Waals surface area contributed by atoms with Gasteiger partial charge in [0.2, 0.25) is 0 Å². The molecular formula is C17H23N5O. The van der Waals surface area contributed by atoms with Crippen molar-refractivity contribution in [1.29, 1.82) is 0 Å². The third kappa shape index (κ3) is 3.76. The molecule has 1 aromatic heterocycles. The fraction of sp³-hybridized carbons (Fsp3) is 0.471. The molecule has 0 bridgehead atoms. The van der Waals surface area contributed by atoms with Gasteiger partial charge in [-0.05, 0) is 45.4 Å². The number of hydrogen-bond donors (Lipinski definition) is 2. The van der Waals surface area contributed by atoms with Crippen LogP contribution in [0, 0.1) is 0 Å². The second-order valence-corrected chi connectivity index (χ2v) is 6.32. The lowest BCUT2D eigenvalue weighted by Gasteiger charge is -2.35. The van der Waals surface area contributed by atoms with Gasteiger partial charge in [0.25, 0.3) is 5.91 Å². The van der Waals surface area contributed by atoms with Gasteiger partial charge in [0, 0.05) is 29.8 Å². The second-order valence-electron chi connectivity index (χ2n) is 6.32. The summed E-state index contributed by atoms with van der Waals surface area (Å²) < 4.78 is 0. The Hall–Kier alpha value is -2.21. The maximum absolute atomic E-state index is 12.5. The van der Waals surface area contributed by atoms with Crippen LogP contribution in [0.1, 0.15) is 37.0 Å². The van der Waals surface area contributed by atoms with Crippen molar-refractivity contribution >= 4 is 5.91 Å². The van der Waals surface area contributed by atoms with Crippen LogP contribution in [0.2, 0.25) is 0 Å². The number of H-pyrrole nitrogens is 1. The third-order valence-electron chi connectivity index (χ3n) is 4.33. The van der Waals surface area contributed by atoms with Crippen LogP contribution in [-0.2, 0) is 0 Å². The van der Waals surface area contributed by atoms with E-state index in [2.05, 4.69) is 39.2 Å². The molecule has 0 aliphatic carbocycles. The number of aromatic nitrogens is 3. The first-order chi connectivity index (χ1) is 11.1. The summed E-state index contributed by atoms with van der Waals surface area (Å²) in [6.45, 7) is 6.44. The predicted molar refractivity (Wildman–Crippen MR) is 89.0 cm³/mol. The minimum Gasteiger partial charge on any atom is -0.348 e. The first kappa shape index (κ1) is 15.7. The monoisotopic (exact) mass is 313 g/mol. The zero-order valence-electron chi connectivity index (χ0n) is 13.6. The number of amides is 1. The Bertz CT molecular complexity index is 653. The van der Waals surface area contributed by atoms with Crippen LogP contribution in [-0.4, -0.2) is 51.2 Å². The Kier molecular flexibility index (Phi) is 4.71. The number of nitrogens with one attached hydrogen (secondary N) is 2. The minimum absolute atomic E-state index is 0.0260. The fourth-order valence-corrected chi connectivity index (χ4v) is 3.01. The number of carbonyl (C=O) groups excluding carboxylic acids is 1. The summed E-state index contributed by atoms with van der Waals surface area (Å²) in [5, 5.41) is 9.83. The lowest BCUT2D eigenvalue weighted by atomic mass is 10.0. The number of aromatic amines is 1. The SMILES string of the molecule is CC(C)N1CCC[C@@H](NC(=O)c2cccc(-c3ncn[nH]3)c2)C1. The molecule has 1 aliphatic heterocycles. The highest BCUT2D eigenvalue weighted by molar-refractivity contribution is 5.95. The molecule has 0 unspecified atom stereocenters. The first-order valence-electron chi connectivity index (χ1n) is 8.14.